The first-order valence-electron chi connectivity index (χ1n) is 6.94. The molecule has 0 saturated carbocycles. The molecule has 1 nitrogen and oxygen atoms in total. The first-order valence-corrected chi connectivity index (χ1v) is 6.94. The quantitative estimate of drug-likeness (QED) is 0.400. The largest absolute Gasteiger partial charge is 0.258 e. The van der Waals surface area contributed by atoms with Crippen LogP contribution in [-0.2, 0) is 0 Å². The molecule has 0 aliphatic carbocycles. The zero-order valence-electron chi connectivity index (χ0n) is 13.6. The Morgan fingerprint density at radius 3 is 2.15 bits per heavy atom. The van der Waals surface area contributed by atoms with Crippen LogP contribution in [-0.4, -0.2) is 5.71 Å². The molecule has 0 aliphatic rings. The number of aliphatic imine (C=N–C) groups is 1. The minimum atomic E-state index is 0.901. The van der Waals surface area contributed by atoms with Crippen molar-refractivity contribution in [3.8, 4) is 0 Å². The highest BCUT2D eigenvalue weighted by Crippen LogP contribution is 2.23. The fraction of sp³-hybridized carbons (Fsp3) is 0.316. The molecule has 0 aliphatic heterocycles. The molecule has 0 spiro atoms. The first-order chi connectivity index (χ1) is 9.38. The Morgan fingerprint density at radius 1 is 1.15 bits per heavy atom. The summed E-state index contributed by atoms with van der Waals surface area (Å²) in [7, 11) is 0. The summed E-state index contributed by atoms with van der Waals surface area (Å²) in [5.74, 6) is 0. The van der Waals surface area contributed by atoms with E-state index in [1.54, 1.807) is 6.08 Å². The van der Waals surface area contributed by atoms with Crippen LogP contribution in [0.5, 0.6) is 0 Å². The average molecular weight is 269 g/mol. The average Bonchev–Trinajstić information content (AvgIpc) is 2.38. The van der Waals surface area contributed by atoms with E-state index in [9.17, 15) is 0 Å². The van der Waals surface area contributed by atoms with Crippen LogP contribution in [0, 0.1) is 0 Å². The summed E-state index contributed by atoms with van der Waals surface area (Å²) in [5, 5.41) is 0. The van der Waals surface area contributed by atoms with Crippen LogP contribution < -0.4 is 0 Å². The zero-order chi connectivity index (χ0) is 15.7. The maximum atomic E-state index is 4.72. The summed E-state index contributed by atoms with van der Waals surface area (Å²) < 4.78 is 0. The minimum Gasteiger partial charge on any atom is -0.258 e. The lowest BCUT2D eigenvalue weighted by Gasteiger charge is -2.12. The lowest BCUT2D eigenvalue weighted by molar-refractivity contribution is 1.05. The van der Waals surface area contributed by atoms with Crippen LogP contribution in [0.3, 0.4) is 0 Å². The molecule has 0 aromatic rings. The van der Waals surface area contributed by atoms with Gasteiger partial charge in [-0.25, -0.2) is 0 Å². The van der Waals surface area contributed by atoms with Crippen LogP contribution >= 0.6 is 0 Å². The summed E-state index contributed by atoms with van der Waals surface area (Å²) >= 11 is 0. The van der Waals surface area contributed by atoms with Crippen molar-refractivity contribution in [3.63, 3.8) is 0 Å². The van der Waals surface area contributed by atoms with Crippen LogP contribution in [0.15, 0.2) is 77.0 Å². The van der Waals surface area contributed by atoms with Gasteiger partial charge in [-0.2, -0.15) is 0 Å². The lowest BCUT2D eigenvalue weighted by atomic mass is 9.98. The number of nitrogens with zero attached hydrogens (tertiary/aromatic N) is 1. The van der Waals surface area contributed by atoms with Gasteiger partial charge in [0.1, 0.15) is 0 Å². The second-order valence-electron chi connectivity index (χ2n) is 4.73. The molecule has 0 aromatic carbocycles. The van der Waals surface area contributed by atoms with E-state index in [0.717, 1.165) is 40.1 Å². The van der Waals surface area contributed by atoms with Crippen molar-refractivity contribution in [2.45, 2.75) is 41.0 Å². The molecule has 0 radical (unpaired) electrons. The van der Waals surface area contributed by atoms with Crippen molar-refractivity contribution in [1.82, 2.24) is 0 Å². The van der Waals surface area contributed by atoms with Gasteiger partial charge in [-0.05, 0) is 50.8 Å². The molecule has 108 valence electrons. The van der Waals surface area contributed by atoms with Gasteiger partial charge in [0, 0.05) is 11.4 Å². The van der Waals surface area contributed by atoms with E-state index in [2.05, 4.69) is 26.7 Å². The SMILES string of the molecule is C=C/C=C(\C=C/C)C(/C)=N/C(C)=C(/CC)C(=C)C(=C)C. The molecule has 0 heterocycles. The molecule has 0 N–H and O–H groups in total. The highest BCUT2D eigenvalue weighted by molar-refractivity contribution is 6.01. The Kier molecular flexibility index (Phi) is 8.23. The smallest absolute Gasteiger partial charge is 0.0448 e. The summed E-state index contributed by atoms with van der Waals surface area (Å²) in [6.45, 7) is 21.9. The van der Waals surface area contributed by atoms with Crippen molar-refractivity contribution >= 4 is 5.71 Å². The molecule has 0 rings (SSSR count). The van der Waals surface area contributed by atoms with E-state index in [1.807, 2.05) is 45.9 Å². The van der Waals surface area contributed by atoms with Crippen molar-refractivity contribution in [3.05, 3.63) is 72.0 Å². The van der Waals surface area contributed by atoms with Crippen molar-refractivity contribution < 1.29 is 0 Å². The predicted octanol–water partition coefficient (Wildman–Crippen LogP) is 5.95. The number of rotatable bonds is 7. The Hall–Kier alpha value is -1.89. The van der Waals surface area contributed by atoms with Crippen LogP contribution in [0.25, 0.3) is 0 Å². The molecule has 0 saturated heterocycles. The second kappa shape index (κ2) is 9.08. The highest BCUT2D eigenvalue weighted by Gasteiger charge is 2.06. The molecule has 0 amide bonds. The molecule has 0 bridgehead atoms. The summed E-state index contributed by atoms with van der Waals surface area (Å²) in [5.41, 5.74) is 6.18. The van der Waals surface area contributed by atoms with Crippen molar-refractivity contribution in [1.29, 1.82) is 0 Å². The monoisotopic (exact) mass is 269 g/mol. The summed E-state index contributed by atoms with van der Waals surface area (Å²) in [6, 6.07) is 0. The third kappa shape index (κ3) is 5.40. The van der Waals surface area contributed by atoms with Gasteiger partial charge >= 0.3 is 0 Å². The van der Waals surface area contributed by atoms with E-state index in [4.69, 9.17) is 4.99 Å². The molecule has 1 heteroatoms. The predicted molar refractivity (Wildman–Crippen MR) is 93.1 cm³/mol. The fourth-order valence-corrected chi connectivity index (χ4v) is 1.93. The Morgan fingerprint density at radius 2 is 1.75 bits per heavy atom. The second-order valence-corrected chi connectivity index (χ2v) is 4.73. The normalized spacial score (nSPS) is 14.2. The van der Waals surface area contributed by atoms with E-state index in [0.29, 0.717) is 0 Å². The van der Waals surface area contributed by atoms with Crippen LogP contribution in [0.4, 0.5) is 0 Å². The van der Waals surface area contributed by atoms with E-state index in [-0.39, 0.29) is 0 Å². The van der Waals surface area contributed by atoms with Crippen LogP contribution in [0.2, 0.25) is 0 Å². The van der Waals surface area contributed by atoms with Crippen LogP contribution in [0.1, 0.15) is 41.0 Å². The standard InChI is InChI=1S/C19H27N/c1-9-12-18(13-10-2)16(7)20-17(8)19(11-3)15(6)14(4)5/h9-10,12-13H,1,4,6,11H2,2-3,5,7-8H3/b13-10-,18-12+,19-17-,20-16+. The molecule has 0 unspecified atom stereocenters. The third-order valence-corrected chi connectivity index (χ3v) is 3.07. The van der Waals surface area contributed by atoms with E-state index >= 15 is 0 Å². The minimum absolute atomic E-state index is 0.901. The van der Waals surface area contributed by atoms with Gasteiger partial charge in [0.25, 0.3) is 0 Å². The maximum absolute atomic E-state index is 4.72. The molecular formula is C19H27N. The van der Waals surface area contributed by atoms with Crippen molar-refractivity contribution in [2.24, 2.45) is 4.99 Å². The molecule has 20 heavy (non-hydrogen) atoms. The van der Waals surface area contributed by atoms with Gasteiger partial charge in [-0.3, -0.25) is 4.99 Å². The lowest BCUT2D eigenvalue weighted by Crippen LogP contribution is -1.98. The number of hydrogen-bond acceptors (Lipinski definition) is 1. The van der Waals surface area contributed by atoms with Gasteiger partial charge in [0.2, 0.25) is 0 Å². The van der Waals surface area contributed by atoms with Gasteiger partial charge < -0.3 is 0 Å². The summed E-state index contributed by atoms with van der Waals surface area (Å²) in [4.78, 5) is 4.72. The van der Waals surface area contributed by atoms with Gasteiger partial charge in [0.05, 0.1) is 0 Å². The Balaban J connectivity index is 5.67. The van der Waals surface area contributed by atoms with Gasteiger partial charge in [0.15, 0.2) is 0 Å². The Bertz CT molecular complexity index is 508. The maximum Gasteiger partial charge on any atom is 0.0448 e. The summed E-state index contributed by atoms with van der Waals surface area (Å²) in [6.07, 6.45) is 8.68. The molecule has 0 aromatic heterocycles. The third-order valence-electron chi connectivity index (χ3n) is 3.07. The molecular weight excluding hydrogens is 242 g/mol. The van der Waals surface area contributed by atoms with Crippen molar-refractivity contribution in [2.75, 3.05) is 0 Å². The molecule has 0 atom stereocenters. The number of allylic oxidation sites excluding steroid dienone is 9. The zero-order valence-corrected chi connectivity index (χ0v) is 13.6. The van der Waals surface area contributed by atoms with Gasteiger partial charge in [-0.15, -0.1) is 0 Å². The number of hydrogen-bond donors (Lipinski definition) is 0. The Labute approximate surface area is 124 Å². The van der Waals surface area contributed by atoms with E-state index < -0.39 is 0 Å². The highest BCUT2D eigenvalue weighted by atomic mass is 14.8. The fourth-order valence-electron chi connectivity index (χ4n) is 1.93. The van der Waals surface area contributed by atoms with E-state index in [1.165, 1.54) is 0 Å². The molecule has 0 fully saturated rings. The topological polar surface area (TPSA) is 12.4 Å². The first kappa shape index (κ1) is 18.1. The van der Waals surface area contributed by atoms with Gasteiger partial charge in [-0.1, -0.05) is 56.5 Å².